The van der Waals surface area contributed by atoms with Crippen molar-refractivity contribution in [3.05, 3.63) is 64.9 Å². The topological polar surface area (TPSA) is 46.3 Å². The Balaban J connectivity index is 1.62. The Morgan fingerprint density at radius 3 is 2.89 bits per heavy atom. The molecular weight excluding hydrogens is 372 g/mol. The van der Waals surface area contributed by atoms with Gasteiger partial charge in [-0.3, -0.25) is 0 Å². The van der Waals surface area contributed by atoms with Gasteiger partial charge in [0.2, 0.25) is 0 Å². The summed E-state index contributed by atoms with van der Waals surface area (Å²) in [6.07, 6.45) is 3.21. The molecule has 1 aliphatic rings. The molecule has 0 aliphatic carbocycles. The Kier molecular flexibility index (Phi) is 3.72. The number of fused-ring (bicyclic) bond motifs is 3. The highest BCUT2D eigenvalue weighted by Crippen LogP contribution is 2.37. The fourth-order valence-corrected chi connectivity index (χ4v) is 3.92. The standard InChI is InChI=1S/C19H14ClF2N5/c20-16-7-8-23-19-18-14(25-27(16)19)5-6-17(24-18)26-9-1-2-15(26)12-10-11(21)3-4-13(12)22/h3-8,10,15H,1-2,9H2/t15-/m1/s1. The lowest BCUT2D eigenvalue weighted by atomic mass is 10.0. The minimum absolute atomic E-state index is 0.260. The molecule has 27 heavy (non-hydrogen) atoms. The molecule has 5 nitrogen and oxygen atoms in total. The predicted molar refractivity (Wildman–Crippen MR) is 99.0 cm³/mol. The summed E-state index contributed by atoms with van der Waals surface area (Å²) >= 11 is 6.18. The van der Waals surface area contributed by atoms with Crippen LogP contribution in [0.3, 0.4) is 0 Å². The SMILES string of the molecule is Fc1ccc(F)c([C@H]2CCCN2c2ccc3nn4c(Cl)ccnc4c3n2)c1. The second-order valence-corrected chi connectivity index (χ2v) is 6.94. The molecule has 0 radical (unpaired) electrons. The Morgan fingerprint density at radius 2 is 2.00 bits per heavy atom. The maximum atomic E-state index is 14.3. The van der Waals surface area contributed by atoms with Gasteiger partial charge in [-0.15, -0.1) is 0 Å². The van der Waals surface area contributed by atoms with Gasteiger partial charge in [0.05, 0.1) is 6.04 Å². The van der Waals surface area contributed by atoms with Gasteiger partial charge in [-0.2, -0.15) is 5.10 Å². The van der Waals surface area contributed by atoms with E-state index in [4.69, 9.17) is 16.6 Å². The van der Waals surface area contributed by atoms with Gasteiger partial charge in [0, 0.05) is 18.3 Å². The molecule has 1 aromatic carbocycles. The molecule has 0 saturated carbocycles. The van der Waals surface area contributed by atoms with E-state index >= 15 is 0 Å². The highest BCUT2D eigenvalue weighted by Gasteiger charge is 2.30. The average Bonchev–Trinajstić information content (AvgIpc) is 3.29. The third-order valence-electron chi connectivity index (χ3n) is 4.95. The van der Waals surface area contributed by atoms with Crippen molar-refractivity contribution in [1.82, 2.24) is 19.6 Å². The molecule has 1 atom stereocenters. The first-order chi connectivity index (χ1) is 13.1. The molecule has 0 bridgehead atoms. The van der Waals surface area contributed by atoms with Crippen LogP contribution in [0.4, 0.5) is 14.6 Å². The number of hydrogen-bond acceptors (Lipinski definition) is 4. The van der Waals surface area contributed by atoms with E-state index in [1.54, 1.807) is 12.3 Å². The molecule has 1 fully saturated rings. The second kappa shape index (κ2) is 6.13. The Hall–Kier alpha value is -2.80. The molecule has 1 saturated heterocycles. The van der Waals surface area contributed by atoms with Crippen LogP contribution in [0.1, 0.15) is 24.4 Å². The second-order valence-electron chi connectivity index (χ2n) is 6.56. The van der Waals surface area contributed by atoms with Crippen molar-refractivity contribution in [2.45, 2.75) is 18.9 Å². The third kappa shape index (κ3) is 2.61. The minimum atomic E-state index is -0.442. The van der Waals surface area contributed by atoms with Gasteiger partial charge >= 0.3 is 0 Å². The van der Waals surface area contributed by atoms with Crippen molar-refractivity contribution in [3.8, 4) is 0 Å². The summed E-state index contributed by atoms with van der Waals surface area (Å²) in [5, 5.41) is 4.86. The highest BCUT2D eigenvalue weighted by molar-refractivity contribution is 6.29. The first-order valence-electron chi connectivity index (χ1n) is 8.63. The summed E-state index contributed by atoms with van der Waals surface area (Å²) in [6.45, 7) is 0.715. The van der Waals surface area contributed by atoms with Crippen LogP contribution in [0.2, 0.25) is 5.15 Å². The number of anilines is 1. The minimum Gasteiger partial charge on any atom is -0.349 e. The lowest BCUT2D eigenvalue weighted by molar-refractivity contribution is 0.560. The zero-order valence-corrected chi connectivity index (χ0v) is 14.9. The molecule has 8 heteroatoms. The van der Waals surface area contributed by atoms with E-state index in [2.05, 4.69) is 10.1 Å². The smallest absolute Gasteiger partial charge is 0.183 e. The third-order valence-corrected chi connectivity index (χ3v) is 5.24. The molecule has 0 amide bonds. The average molecular weight is 386 g/mol. The quantitative estimate of drug-likeness (QED) is 0.475. The summed E-state index contributed by atoms with van der Waals surface area (Å²) in [4.78, 5) is 11.1. The van der Waals surface area contributed by atoms with E-state index in [1.165, 1.54) is 16.6 Å². The maximum absolute atomic E-state index is 14.3. The number of benzene rings is 1. The molecule has 0 unspecified atom stereocenters. The monoisotopic (exact) mass is 385 g/mol. The number of rotatable bonds is 2. The first kappa shape index (κ1) is 16.4. The Labute approximate surface area is 158 Å². The fourth-order valence-electron chi connectivity index (χ4n) is 3.74. The van der Waals surface area contributed by atoms with Crippen LogP contribution in [0.15, 0.2) is 42.6 Å². The number of halogens is 3. The largest absolute Gasteiger partial charge is 0.349 e. The molecule has 4 heterocycles. The summed E-state index contributed by atoms with van der Waals surface area (Å²) in [6, 6.07) is 8.67. The molecular formula is C19H14ClF2N5. The molecule has 1 aliphatic heterocycles. The fraction of sp³-hybridized carbons (Fsp3) is 0.211. The van der Waals surface area contributed by atoms with Crippen molar-refractivity contribution in [2.75, 3.05) is 11.4 Å². The van der Waals surface area contributed by atoms with Crippen molar-refractivity contribution < 1.29 is 8.78 Å². The molecule has 4 aromatic rings. The van der Waals surface area contributed by atoms with Gasteiger partial charge < -0.3 is 4.90 Å². The van der Waals surface area contributed by atoms with E-state index in [9.17, 15) is 8.78 Å². The molecule has 0 N–H and O–H groups in total. The van der Waals surface area contributed by atoms with E-state index < -0.39 is 11.6 Å². The van der Waals surface area contributed by atoms with Gasteiger partial charge in [-0.05, 0) is 49.2 Å². The summed E-state index contributed by atoms with van der Waals surface area (Å²) in [5.41, 5.74) is 2.22. The highest BCUT2D eigenvalue weighted by atomic mass is 35.5. The van der Waals surface area contributed by atoms with Crippen molar-refractivity contribution >= 4 is 34.1 Å². The van der Waals surface area contributed by atoms with Crippen LogP contribution in [-0.4, -0.2) is 26.1 Å². The van der Waals surface area contributed by atoms with Gasteiger partial charge in [-0.25, -0.2) is 23.3 Å². The first-order valence-corrected chi connectivity index (χ1v) is 9.01. The van der Waals surface area contributed by atoms with Crippen LogP contribution in [0.25, 0.3) is 16.7 Å². The van der Waals surface area contributed by atoms with E-state index in [1.807, 2.05) is 17.0 Å². The number of pyridine rings is 1. The molecule has 0 spiro atoms. The van der Waals surface area contributed by atoms with Gasteiger partial charge in [0.25, 0.3) is 0 Å². The summed E-state index contributed by atoms with van der Waals surface area (Å²) in [7, 11) is 0. The van der Waals surface area contributed by atoms with Crippen molar-refractivity contribution in [3.63, 3.8) is 0 Å². The van der Waals surface area contributed by atoms with Gasteiger partial charge in [0.15, 0.2) is 5.65 Å². The molecule has 5 rings (SSSR count). The van der Waals surface area contributed by atoms with Crippen LogP contribution >= 0.6 is 11.6 Å². The van der Waals surface area contributed by atoms with Crippen molar-refractivity contribution in [2.24, 2.45) is 0 Å². The van der Waals surface area contributed by atoms with E-state index in [-0.39, 0.29) is 6.04 Å². The van der Waals surface area contributed by atoms with E-state index in [0.717, 1.165) is 18.9 Å². The zero-order valence-electron chi connectivity index (χ0n) is 14.1. The van der Waals surface area contributed by atoms with Gasteiger partial charge in [0.1, 0.15) is 33.6 Å². The van der Waals surface area contributed by atoms with Crippen LogP contribution < -0.4 is 4.90 Å². The van der Waals surface area contributed by atoms with Crippen molar-refractivity contribution in [1.29, 1.82) is 0 Å². The molecule has 3 aromatic heterocycles. The number of hydrogen-bond donors (Lipinski definition) is 0. The summed E-state index contributed by atoms with van der Waals surface area (Å²) in [5.74, 6) is -0.160. The van der Waals surface area contributed by atoms with Crippen LogP contribution in [0, 0.1) is 11.6 Å². The van der Waals surface area contributed by atoms with Crippen LogP contribution in [-0.2, 0) is 0 Å². The predicted octanol–water partition coefficient (Wildman–Crippen LogP) is 4.55. The maximum Gasteiger partial charge on any atom is 0.183 e. The van der Waals surface area contributed by atoms with Gasteiger partial charge in [-0.1, -0.05) is 11.6 Å². The Morgan fingerprint density at radius 1 is 1.11 bits per heavy atom. The molecule has 136 valence electrons. The lowest BCUT2D eigenvalue weighted by Crippen LogP contribution is -2.24. The van der Waals surface area contributed by atoms with E-state index in [0.29, 0.717) is 39.8 Å². The normalized spacial score (nSPS) is 17.3. The zero-order chi connectivity index (χ0) is 18.5. The number of nitrogens with zero attached hydrogens (tertiary/aromatic N) is 5. The number of aromatic nitrogens is 4. The Bertz CT molecular complexity index is 1180. The van der Waals surface area contributed by atoms with Crippen LogP contribution in [0.5, 0.6) is 0 Å². The summed E-state index contributed by atoms with van der Waals surface area (Å²) < 4.78 is 29.5. The lowest BCUT2D eigenvalue weighted by Gasteiger charge is -2.26.